The van der Waals surface area contributed by atoms with Crippen LogP contribution < -0.4 is 0 Å². The highest BCUT2D eigenvalue weighted by molar-refractivity contribution is 9.10. The molecule has 0 amide bonds. The SMILES string of the molecule is CC(=O)c1nnn(-c2ccc(Br)cc2F)c1C. The van der Waals surface area contributed by atoms with Crippen molar-refractivity contribution < 1.29 is 9.18 Å². The zero-order valence-corrected chi connectivity index (χ0v) is 10.8. The third-order valence-electron chi connectivity index (χ3n) is 2.37. The van der Waals surface area contributed by atoms with Crippen LogP contribution in [-0.4, -0.2) is 20.8 Å². The van der Waals surface area contributed by atoms with Gasteiger partial charge in [0, 0.05) is 11.4 Å². The zero-order chi connectivity index (χ0) is 12.6. The Hall–Kier alpha value is -1.56. The van der Waals surface area contributed by atoms with Crippen LogP contribution in [0.25, 0.3) is 5.69 Å². The van der Waals surface area contributed by atoms with Crippen LogP contribution >= 0.6 is 15.9 Å². The van der Waals surface area contributed by atoms with E-state index in [2.05, 4.69) is 26.2 Å². The highest BCUT2D eigenvalue weighted by Gasteiger charge is 2.15. The summed E-state index contributed by atoms with van der Waals surface area (Å²) in [6.07, 6.45) is 0. The molecule has 0 aliphatic carbocycles. The number of nitrogens with zero attached hydrogens (tertiary/aromatic N) is 3. The van der Waals surface area contributed by atoms with Gasteiger partial charge in [0.25, 0.3) is 0 Å². The number of carbonyl (C=O) groups is 1. The Labute approximate surface area is 106 Å². The maximum Gasteiger partial charge on any atom is 0.181 e. The van der Waals surface area contributed by atoms with Gasteiger partial charge in [-0.05, 0) is 25.1 Å². The topological polar surface area (TPSA) is 47.8 Å². The summed E-state index contributed by atoms with van der Waals surface area (Å²) in [5.41, 5.74) is 1.05. The monoisotopic (exact) mass is 297 g/mol. The maximum absolute atomic E-state index is 13.7. The van der Waals surface area contributed by atoms with Crippen LogP contribution in [0.3, 0.4) is 0 Å². The second-order valence-electron chi connectivity index (χ2n) is 3.59. The average Bonchev–Trinajstić information content (AvgIpc) is 2.60. The van der Waals surface area contributed by atoms with E-state index >= 15 is 0 Å². The number of ketones is 1. The van der Waals surface area contributed by atoms with E-state index in [0.717, 1.165) is 0 Å². The lowest BCUT2D eigenvalue weighted by molar-refractivity contribution is 0.101. The van der Waals surface area contributed by atoms with Gasteiger partial charge in [0.05, 0.1) is 5.69 Å². The summed E-state index contributed by atoms with van der Waals surface area (Å²) in [7, 11) is 0. The molecule has 1 aromatic carbocycles. The van der Waals surface area contributed by atoms with E-state index in [1.165, 1.54) is 17.7 Å². The van der Waals surface area contributed by atoms with Crippen molar-refractivity contribution in [2.75, 3.05) is 0 Å². The minimum atomic E-state index is -0.428. The minimum Gasteiger partial charge on any atom is -0.293 e. The predicted octanol–water partition coefficient (Wildman–Crippen LogP) is 2.68. The Morgan fingerprint density at radius 3 is 2.71 bits per heavy atom. The second-order valence-corrected chi connectivity index (χ2v) is 4.50. The Balaban J connectivity index is 2.57. The molecule has 0 spiro atoms. The first kappa shape index (κ1) is 11.9. The summed E-state index contributed by atoms with van der Waals surface area (Å²) in [4.78, 5) is 11.2. The van der Waals surface area contributed by atoms with Gasteiger partial charge in [-0.25, -0.2) is 9.07 Å². The highest BCUT2D eigenvalue weighted by Crippen LogP contribution is 2.20. The van der Waals surface area contributed by atoms with Crippen LogP contribution in [0.2, 0.25) is 0 Å². The lowest BCUT2D eigenvalue weighted by atomic mass is 10.2. The van der Waals surface area contributed by atoms with Gasteiger partial charge in [0.1, 0.15) is 11.5 Å². The van der Waals surface area contributed by atoms with Crippen LogP contribution in [0.4, 0.5) is 4.39 Å². The Kier molecular flexibility index (Phi) is 3.06. The molecule has 0 unspecified atom stereocenters. The van der Waals surface area contributed by atoms with E-state index in [-0.39, 0.29) is 17.2 Å². The smallest absolute Gasteiger partial charge is 0.181 e. The summed E-state index contributed by atoms with van der Waals surface area (Å²) < 4.78 is 15.7. The summed E-state index contributed by atoms with van der Waals surface area (Å²) >= 11 is 3.18. The summed E-state index contributed by atoms with van der Waals surface area (Å²) in [5, 5.41) is 7.53. The Bertz CT molecular complexity index is 594. The van der Waals surface area contributed by atoms with Crippen molar-refractivity contribution in [2.45, 2.75) is 13.8 Å². The van der Waals surface area contributed by atoms with E-state index in [1.807, 2.05) is 0 Å². The predicted molar refractivity (Wildman–Crippen MR) is 63.8 cm³/mol. The van der Waals surface area contributed by atoms with Crippen LogP contribution in [0.1, 0.15) is 23.1 Å². The Morgan fingerprint density at radius 2 is 2.18 bits per heavy atom. The standard InChI is InChI=1S/C11H9BrFN3O/c1-6-11(7(2)17)14-15-16(6)10-4-3-8(12)5-9(10)13/h3-5H,1-2H3. The second kappa shape index (κ2) is 4.37. The van der Waals surface area contributed by atoms with Crippen molar-refractivity contribution >= 4 is 21.7 Å². The fourth-order valence-electron chi connectivity index (χ4n) is 1.54. The van der Waals surface area contributed by atoms with Crippen molar-refractivity contribution in [2.24, 2.45) is 0 Å². The maximum atomic E-state index is 13.7. The fraction of sp³-hybridized carbons (Fsp3) is 0.182. The molecule has 0 fully saturated rings. The molecule has 0 saturated carbocycles. The quantitative estimate of drug-likeness (QED) is 0.801. The van der Waals surface area contributed by atoms with Gasteiger partial charge in [-0.3, -0.25) is 4.79 Å². The fourth-order valence-corrected chi connectivity index (χ4v) is 1.87. The molecule has 1 aromatic heterocycles. The first-order valence-corrected chi connectivity index (χ1v) is 5.68. The number of Topliss-reactive ketones (excluding diaryl/α,β-unsaturated/α-hetero) is 1. The van der Waals surface area contributed by atoms with Crippen molar-refractivity contribution in [3.8, 4) is 5.69 Å². The molecule has 0 atom stereocenters. The molecular formula is C11H9BrFN3O. The summed E-state index contributed by atoms with van der Waals surface area (Å²) in [6.45, 7) is 3.08. The van der Waals surface area contributed by atoms with Gasteiger partial charge in [0.2, 0.25) is 0 Å². The first-order valence-electron chi connectivity index (χ1n) is 4.89. The minimum absolute atomic E-state index is 0.189. The molecule has 1 heterocycles. The molecule has 0 N–H and O–H groups in total. The number of aromatic nitrogens is 3. The zero-order valence-electron chi connectivity index (χ0n) is 9.24. The van der Waals surface area contributed by atoms with E-state index in [1.54, 1.807) is 19.1 Å². The molecule has 0 saturated heterocycles. The number of halogens is 2. The third kappa shape index (κ3) is 2.12. The van der Waals surface area contributed by atoms with Crippen LogP contribution in [0.5, 0.6) is 0 Å². The number of carbonyl (C=O) groups excluding carboxylic acids is 1. The molecule has 0 aliphatic heterocycles. The van der Waals surface area contributed by atoms with Gasteiger partial charge in [-0.15, -0.1) is 5.10 Å². The molecular weight excluding hydrogens is 289 g/mol. The number of hydrogen-bond acceptors (Lipinski definition) is 3. The molecule has 0 aliphatic rings. The van der Waals surface area contributed by atoms with Crippen LogP contribution in [0, 0.1) is 12.7 Å². The number of benzene rings is 1. The van der Waals surface area contributed by atoms with E-state index < -0.39 is 5.82 Å². The lowest BCUT2D eigenvalue weighted by Crippen LogP contribution is -2.03. The molecule has 2 aromatic rings. The van der Waals surface area contributed by atoms with E-state index in [4.69, 9.17) is 0 Å². The number of rotatable bonds is 2. The van der Waals surface area contributed by atoms with Gasteiger partial charge in [0.15, 0.2) is 11.5 Å². The van der Waals surface area contributed by atoms with Crippen LogP contribution in [-0.2, 0) is 0 Å². The van der Waals surface area contributed by atoms with Crippen molar-refractivity contribution in [1.29, 1.82) is 0 Å². The van der Waals surface area contributed by atoms with Gasteiger partial charge >= 0.3 is 0 Å². The first-order chi connectivity index (χ1) is 8.00. The van der Waals surface area contributed by atoms with Gasteiger partial charge in [-0.2, -0.15) is 0 Å². The molecule has 0 bridgehead atoms. The normalized spacial score (nSPS) is 10.6. The molecule has 0 radical (unpaired) electrons. The average molecular weight is 298 g/mol. The van der Waals surface area contributed by atoms with Crippen molar-refractivity contribution in [3.63, 3.8) is 0 Å². The Morgan fingerprint density at radius 1 is 1.47 bits per heavy atom. The molecule has 2 rings (SSSR count). The molecule has 4 nitrogen and oxygen atoms in total. The largest absolute Gasteiger partial charge is 0.293 e. The molecule has 6 heteroatoms. The van der Waals surface area contributed by atoms with Crippen molar-refractivity contribution in [3.05, 3.63) is 39.9 Å². The lowest BCUT2D eigenvalue weighted by Gasteiger charge is -2.04. The number of hydrogen-bond donors (Lipinski definition) is 0. The summed E-state index contributed by atoms with van der Waals surface area (Å²) in [5.74, 6) is -0.617. The molecule has 17 heavy (non-hydrogen) atoms. The van der Waals surface area contributed by atoms with Gasteiger partial charge in [-0.1, -0.05) is 21.1 Å². The van der Waals surface area contributed by atoms with Crippen molar-refractivity contribution in [1.82, 2.24) is 15.0 Å². The van der Waals surface area contributed by atoms with Crippen LogP contribution in [0.15, 0.2) is 22.7 Å². The van der Waals surface area contributed by atoms with E-state index in [9.17, 15) is 9.18 Å². The summed E-state index contributed by atoms with van der Waals surface area (Å²) in [6, 6.07) is 4.61. The highest BCUT2D eigenvalue weighted by atomic mass is 79.9. The third-order valence-corrected chi connectivity index (χ3v) is 2.86. The molecule has 88 valence electrons. The van der Waals surface area contributed by atoms with E-state index in [0.29, 0.717) is 10.2 Å². The van der Waals surface area contributed by atoms with Gasteiger partial charge < -0.3 is 0 Å².